The Morgan fingerprint density at radius 3 is 2.73 bits per heavy atom. The number of rotatable bonds is 2. The van der Waals surface area contributed by atoms with E-state index >= 15 is 0 Å². The van der Waals surface area contributed by atoms with Crippen LogP contribution in [0.5, 0.6) is 11.5 Å². The third-order valence-corrected chi connectivity index (χ3v) is 1.92. The molecule has 0 spiro atoms. The molecule has 0 saturated carbocycles. The Bertz CT molecular complexity index is 391. The third-order valence-electron chi connectivity index (χ3n) is 1.92. The Morgan fingerprint density at radius 1 is 1.27 bits per heavy atom. The maximum absolute atomic E-state index is 8.17. The highest BCUT2D eigenvalue weighted by Crippen LogP contribution is 2.30. The highest BCUT2D eigenvalue weighted by atomic mass is 35.5. The Hall–Kier alpha value is -1.58. The fourth-order valence-corrected chi connectivity index (χ4v) is 1.30. The van der Waals surface area contributed by atoms with E-state index in [-0.39, 0.29) is 12.4 Å². The van der Waals surface area contributed by atoms with Gasteiger partial charge in [-0.2, -0.15) is 0 Å². The second-order valence-electron chi connectivity index (χ2n) is 2.87. The van der Waals surface area contributed by atoms with Crippen LogP contribution >= 0.6 is 12.4 Å². The van der Waals surface area contributed by atoms with Crippen molar-refractivity contribution in [2.45, 2.75) is 6.54 Å². The van der Waals surface area contributed by atoms with Crippen LogP contribution in [0.4, 0.5) is 0 Å². The largest absolute Gasteiger partial charge is 0.486 e. The van der Waals surface area contributed by atoms with Gasteiger partial charge >= 0.3 is 0 Å². The minimum Gasteiger partial charge on any atom is -0.486 e. The second kappa shape index (κ2) is 5.34. The maximum atomic E-state index is 8.17. The van der Waals surface area contributed by atoms with Gasteiger partial charge in [0.25, 0.3) is 0 Å². The van der Waals surface area contributed by atoms with Crippen LogP contribution in [0.1, 0.15) is 5.56 Å². The SMILES string of the molecule is Cl.[N-]=[N+]=NCc1ccc2c(c1)OCCO2. The smallest absolute Gasteiger partial charge is 0.161 e. The monoisotopic (exact) mass is 227 g/mol. The van der Waals surface area contributed by atoms with Gasteiger partial charge < -0.3 is 9.47 Å². The molecule has 0 aromatic heterocycles. The molecular formula is C9H10ClN3O2. The number of nitrogens with zero attached hydrogens (tertiary/aromatic N) is 3. The standard InChI is InChI=1S/C9H9N3O2.ClH/c10-12-11-6-7-1-2-8-9(5-7)14-4-3-13-8;/h1-2,5H,3-4,6H2;1H. The third kappa shape index (κ3) is 2.68. The molecule has 0 aliphatic carbocycles. The predicted octanol–water partition coefficient (Wildman–Crippen LogP) is 2.69. The van der Waals surface area contributed by atoms with E-state index in [1.165, 1.54) is 0 Å². The van der Waals surface area contributed by atoms with Gasteiger partial charge in [-0.25, -0.2) is 0 Å². The van der Waals surface area contributed by atoms with E-state index in [1.54, 1.807) is 0 Å². The van der Waals surface area contributed by atoms with Gasteiger partial charge in [0.15, 0.2) is 11.5 Å². The number of hydrogen-bond acceptors (Lipinski definition) is 3. The molecule has 5 nitrogen and oxygen atoms in total. The van der Waals surface area contributed by atoms with E-state index in [1.807, 2.05) is 18.2 Å². The lowest BCUT2D eigenvalue weighted by atomic mass is 10.2. The first kappa shape index (κ1) is 11.5. The summed E-state index contributed by atoms with van der Waals surface area (Å²) >= 11 is 0. The summed E-state index contributed by atoms with van der Waals surface area (Å²) in [5.74, 6) is 1.47. The normalized spacial score (nSPS) is 12.3. The van der Waals surface area contributed by atoms with Gasteiger partial charge in [-0.1, -0.05) is 11.2 Å². The summed E-state index contributed by atoms with van der Waals surface area (Å²) in [7, 11) is 0. The lowest BCUT2D eigenvalue weighted by Crippen LogP contribution is -2.15. The summed E-state index contributed by atoms with van der Waals surface area (Å²) < 4.78 is 10.7. The fourth-order valence-electron chi connectivity index (χ4n) is 1.30. The Balaban J connectivity index is 0.00000112. The van der Waals surface area contributed by atoms with E-state index in [9.17, 15) is 0 Å². The Kier molecular flexibility index (Phi) is 4.09. The molecule has 0 atom stereocenters. The first-order valence-corrected chi connectivity index (χ1v) is 4.29. The molecular weight excluding hydrogens is 218 g/mol. The van der Waals surface area contributed by atoms with Crippen LogP contribution in [0.25, 0.3) is 10.4 Å². The van der Waals surface area contributed by atoms with E-state index < -0.39 is 0 Å². The second-order valence-corrected chi connectivity index (χ2v) is 2.87. The van der Waals surface area contributed by atoms with Gasteiger partial charge in [-0.05, 0) is 23.2 Å². The molecule has 1 aromatic rings. The molecule has 0 fully saturated rings. The summed E-state index contributed by atoms with van der Waals surface area (Å²) in [6, 6.07) is 5.53. The van der Waals surface area contributed by atoms with Gasteiger partial charge in [0.2, 0.25) is 0 Å². The topological polar surface area (TPSA) is 67.2 Å². The zero-order valence-electron chi connectivity index (χ0n) is 7.92. The minimum absolute atomic E-state index is 0. The van der Waals surface area contributed by atoms with Crippen molar-refractivity contribution in [1.82, 2.24) is 0 Å². The van der Waals surface area contributed by atoms with Crippen molar-refractivity contribution in [3.05, 3.63) is 34.2 Å². The summed E-state index contributed by atoms with van der Waals surface area (Å²) in [5, 5.41) is 3.48. The number of fused-ring (bicyclic) bond motifs is 1. The lowest BCUT2D eigenvalue weighted by molar-refractivity contribution is 0.171. The van der Waals surface area contributed by atoms with Gasteiger partial charge in [-0.15, -0.1) is 12.4 Å². The van der Waals surface area contributed by atoms with Crippen LogP contribution in [0.15, 0.2) is 23.3 Å². The molecule has 0 N–H and O–H groups in total. The van der Waals surface area contributed by atoms with Crippen LogP contribution in [0.3, 0.4) is 0 Å². The van der Waals surface area contributed by atoms with Crippen molar-refractivity contribution < 1.29 is 9.47 Å². The molecule has 1 heterocycles. The van der Waals surface area contributed by atoms with Crippen molar-refractivity contribution in [2.24, 2.45) is 5.11 Å². The Morgan fingerprint density at radius 2 is 2.00 bits per heavy atom. The van der Waals surface area contributed by atoms with Crippen LogP contribution in [-0.2, 0) is 6.54 Å². The van der Waals surface area contributed by atoms with Crippen LogP contribution in [-0.4, -0.2) is 13.2 Å². The van der Waals surface area contributed by atoms with Crippen LogP contribution < -0.4 is 9.47 Å². The minimum atomic E-state index is 0. The fraction of sp³-hybridized carbons (Fsp3) is 0.333. The quantitative estimate of drug-likeness (QED) is 0.443. The summed E-state index contributed by atoms with van der Waals surface area (Å²) in [6.07, 6.45) is 0. The van der Waals surface area contributed by atoms with Crippen molar-refractivity contribution in [1.29, 1.82) is 0 Å². The Labute approximate surface area is 93.0 Å². The zero-order chi connectivity index (χ0) is 9.80. The average molecular weight is 228 g/mol. The van der Waals surface area contributed by atoms with E-state index in [4.69, 9.17) is 15.0 Å². The van der Waals surface area contributed by atoms with Gasteiger partial charge in [0, 0.05) is 4.91 Å². The number of benzene rings is 1. The van der Waals surface area contributed by atoms with Crippen molar-refractivity contribution >= 4 is 12.4 Å². The van der Waals surface area contributed by atoms with Gasteiger partial charge in [-0.3, -0.25) is 0 Å². The highest BCUT2D eigenvalue weighted by molar-refractivity contribution is 5.85. The predicted molar refractivity (Wildman–Crippen MR) is 57.5 cm³/mol. The number of hydrogen-bond donors (Lipinski definition) is 0. The summed E-state index contributed by atoms with van der Waals surface area (Å²) in [6.45, 7) is 1.49. The van der Waals surface area contributed by atoms with Crippen molar-refractivity contribution in [3.8, 4) is 11.5 Å². The van der Waals surface area contributed by atoms with E-state index in [2.05, 4.69) is 10.0 Å². The van der Waals surface area contributed by atoms with E-state index in [0.29, 0.717) is 19.8 Å². The first-order valence-electron chi connectivity index (χ1n) is 4.29. The first-order chi connectivity index (χ1) is 6.90. The number of ether oxygens (including phenoxy) is 2. The molecule has 0 bridgehead atoms. The summed E-state index contributed by atoms with van der Waals surface area (Å²) in [4.78, 5) is 2.70. The molecule has 0 unspecified atom stereocenters. The maximum Gasteiger partial charge on any atom is 0.161 e. The average Bonchev–Trinajstić information content (AvgIpc) is 2.26. The van der Waals surface area contributed by atoms with Gasteiger partial charge in [0.1, 0.15) is 13.2 Å². The van der Waals surface area contributed by atoms with Gasteiger partial charge in [0.05, 0.1) is 6.54 Å². The zero-order valence-corrected chi connectivity index (χ0v) is 8.74. The van der Waals surface area contributed by atoms with Crippen molar-refractivity contribution in [2.75, 3.05) is 13.2 Å². The number of halogens is 1. The molecule has 6 heteroatoms. The molecule has 1 aliphatic heterocycles. The molecule has 80 valence electrons. The number of azide groups is 1. The van der Waals surface area contributed by atoms with E-state index in [0.717, 1.165) is 17.1 Å². The molecule has 0 saturated heterocycles. The lowest BCUT2D eigenvalue weighted by Gasteiger charge is -2.18. The molecule has 2 rings (SSSR count). The van der Waals surface area contributed by atoms with Crippen molar-refractivity contribution in [3.63, 3.8) is 0 Å². The molecule has 1 aromatic carbocycles. The highest BCUT2D eigenvalue weighted by Gasteiger charge is 2.10. The molecule has 0 radical (unpaired) electrons. The molecule has 1 aliphatic rings. The molecule has 15 heavy (non-hydrogen) atoms. The van der Waals surface area contributed by atoms with Crippen LogP contribution in [0.2, 0.25) is 0 Å². The summed E-state index contributed by atoms with van der Waals surface area (Å²) in [5.41, 5.74) is 9.09. The van der Waals surface area contributed by atoms with Crippen LogP contribution in [0, 0.1) is 0 Å². The molecule has 0 amide bonds.